The zero-order valence-corrected chi connectivity index (χ0v) is 53.9. The van der Waals surface area contributed by atoms with Crippen LogP contribution in [0.2, 0.25) is 10.0 Å². The van der Waals surface area contributed by atoms with Gasteiger partial charge in [-0.2, -0.15) is 0 Å². The molecule has 0 saturated carbocycles. The van der Waals surface area contributed by atoms with Crippen molar-refractivity contribution in [1.29, 1.82) is 0 Å². The van der Waals surface area contributed by atoms with E-state index in [4.69, 9.17) is 32.9 Å². The van der Waals surface area contributed by atoms with Crippen molar-refractivity contribution in [3.8, 4) is 0 Å². The number of carbonyl (C=O) groups excluding carboxylic acids is 4. The Morgan fingerprint density at radius 1 is 0.589 bits per heavy atom. The molecule has 9 aromatic rings. The molecule has 1 saturated heterocycles. The van der Waals surface area contributed by atoms with E-state index in [1.165, 1.54) is 18.2 Å². The van der Waals surface area contributed by atoms with Crippen LogP contribution in [0, 0.1) is 0 Å². The fourth-order valence-corrected chi connectivity index (χ4v) is 12.1. The Balaban J connectivity index is 0.00000480. The largest absolute Gasteiger partial charge is 0.379 e. The number of halogens is 2. The summed E-state index contributed by atoms with van der Waals surface area (Å²) in [7, 11) is 1.78. The molecule has 1 fully saturated rings. The summed E-state index contributed by atoms with van der Waals surface area (Å²) in [5.41, 5.74) is 2.57. The van der Waals surface area contributed by atoms with E-state index in [9.17, 15) is 0 Å². The number of fused-ring (bicyclic) bond motifs is 3. The van der Waals surface area contributed by atoms with Gasteiger partial charge in [0, 0.05) is 84.2 Å². The second-order valence-corrected chi connectivity index (χ2v) is 22.5. The second-order valence-electron chi connectivity index (χ2n) is 21.7. The summed E-state index contributed by atoms with van der Waals surface area (Å²) in [5, 5.41) is 7.58. The van der Waals surface area contributed by atoms with Crippen LogP contribution in [0.15, 0.2) is 248 Å². The minimum absolute atomic E-state index is 0. The number of ketones is 3. The topological polar surface area (TPSA) is 123 Å². The van der Waals surface area contributed by atoms with Gasteiger partial charge in [-0.25, -0.2) is 4.98 Å². The molecule has 456 valence electrons. The number of morpholine rings is 1. The van der Waals surface area contributed by atoms with Crippen LogP contribution in [-0.2, 0) is 72.4 Å². The van der Waals surface area contributed by atoms with E-state index in [0.717, 1.165) is 16.7 Å². The third-order valence-corrected chi connectivity index (χ3v) is 16.7. The van der Waals surface area contributed by atoms with E-state index >= 15 is 19.2 Å². The number of aryl methyl sites for hydroxylation is 1. The van der Waals surface area contributed by atoms with Crippen LogP contribution in [0.1, 0.15) is 61.8 Å². The number of ether oxygens (including phenoxy) is 1. The summed E-state index contributed by atoms with van der Waals surface area (Å²) >= 11 is 13.7. The number of hydrogen-bond donors (Lipinski definition) is 2. The van der Waals surface area contributed by atoms with Crippen LogP contribution in [0.3, 0.4) is 0 Å². The fraction of sp³-hybridized carbons (Fsp3) is 0.118. The first kappa shape index (κ1) is 65.9. The molecular weight excluding hydrogens is 1350 g/mol. The molecule has 0 aliphatic carbocycles. The molecule has 2 aliphatic heterocycles. The molecule has 2 unspecified atom stereocenters. The number of nitrogens with one attached hydrogen (secondary N) is 2. The van der Waals surface area contributed by atoms with Gasteiger partial charge in [-0.3, -0.25) is 24.1 Å². The zero-order valence-electron chi connectivity index (χ0n) is 49.3. The van der Waals surface area contributed by atoms with Gasteiger partial charge in [-0.1, -0.05) is 242 Å². The Bertz CT molecular complexity index is 4260. The summed E-state index contributed by atoms with van der Waals surface area (Å²) in [4.78, 5) is 73.2. The molecule has 11 rings (SSSR count). The Labute approximate surface area is 562 Å². The molecule has 90 heavy (non-hydrogen) atoms. The van der Waals surface area contributed by atoms with Crippen LogP contribution in [0.25, 0.3) is 53.1 Å². The number of carbonyl (C=O) groups is 4. The van der Waals surface area contributed by atoms with Gasteiger partial charge in [-0.15, -0.1) is 0 Å². The monoisotopic (exact) mass is 1410 g/mol. The van der Waals surface area contributed by atoms with E-state index in [-0.39, 0.29) is 80.2 Å². The van der Waals surface area contributed by atoms with E-state index in [0.29, 0.717) is 76.3 Å². The Morgan fingerprint density at radius 3 is 1.51 bits per heavy atom. The van der Waals surface area contributed by atoms with Crippen molar-refractivity contribution < 1.29 is 64.8 Å². The van der Waals surface area contributed by atoms with Gasteiger partial charge in [0.2, 0.25) is 5.95 Å². The number of allylic oxidation sites excluding steroid dienone is 4. The molecule has 2 aliphatic rings. The molecule has 0 spiro atoms. The van der Waals surface area contributed by atoms with Gasteiger partial charge < -0.3 is 19.9 Å². The summed E-state index contributed by atoms with van der Waals surface area (Å²) in [5.74, 6) is -1.67. The van der Waals surface area contributed by atoms with Crippen molar-refractivity contribution in [3.63, 3.8) is 0 Å². The number of anilines is 2. The number of amides is 1. The summed E-state index contributed by atoms with van der Waals surface area (Å²) in [6, 6.07) is 63.9. The normalized spacial score (nSPS) is 17.3. The molecule has 1 aromatic heterocycles. The molecule has 2 atom stereocenters. The maximum Gasteiger partial charge on any atom is 0.254 e. The van der Waals surface area contributed by atoms with Gasteiger partial charge in [0.25, 0.3) is 5.91 Å². The number of para-hydroxylation sites is 1. The predicted molar refractivity (Wildman–Crippen MR) is 359 cm³/mol. The molecule has 0 radical (unpaired) electrons. The summed E-state index contributed by atoms with van der Waals surface area (Å²) in [6.07, 6.45) is 19.2. The first-order valence-corrected chi connectivity index (χ1v) is 29.8. The number of benzene rings is 8. The van der Waals surface area contributed by atoms with Crippen molar-refractivity contribution in [2.45, 2.75) is 17.9 Å². The van der Waals surface area contributed by atoms with Crippen LogP contribution >= 0.6 is 23.2 Å². The van der Waals surface area contributed by atoms with E-state index in [1.54, 1.807) is 60.2 Å². The predicted octanol–water partition coefficient (Wildman–Crippen LogP) is 15.8. The molecule has 1 amide bonds. The smallest absolute Gasteiger partial charge is 0.254 e. The quantitative estimate of drug-likeness (QED) is 0.0335. The number of imidazole rings is 1. The number of rotatable bonds is 20. The van der Waals surface area contributed by atoms with Gasteiger partial charge >= 0.3 is 0 Å². The minimum Gasteiger partial charge on any atom is -0.379 e. The van der Waals surface area contributed by atoms with Gasteiger partial charge in [0.05, 0.1) is 51.0 Å². The number of aromatic nitrogens is 2. The van der Waals surface area contributed by atoms with Crippen LogP contribution in [0.5, 0.6) is 0 Å². The summed E-state index contributed by atoms with van der Waals surface area (Å²) < 4.78 is 7.56. The van der Waals surface area contributed by atoms with Crippen molar-refractivity contribution in [2.24, 2.45) is 7.05 Å². The van der Waals surface area contributed by atoms with Crippen LogP contribution < -0.4 is 10.6 Å². The van der Waals surface area contributed by atoms with Crippen molar-refractivity contribution in [2.75, 3.05) is 38.2 Å². The number of hydrogen-bond acceptors (Lipinski definition) is 8. The Hall–Kier alpha value is -8.49. The maximum atomic E-state index is 16.9. The molecule has 2 N–H and O–H groups in total. The molecule has 14 heteroatoms. The van der Waals surface area contributed by atoms with Crippen molar-refractivity contribution in [1.82, 2.24) is 19.8 Å². The molecule has 8 aromatic carbocycles. The SMILES string of the molecule is Cn1c(Nc2c(Cl)cccc2Cl)nc2cc(C(=Cc3ccccc3)C(=O)C=Cc3ccccc3)c3c(c21)C(=O)NC(C=CCN1CCOCC1)(C(=Cc1ccccc1)C(=O)C=Cc1ccccc1)C3(C)C(=Cc1ccccc1)C(=O)C=Cc1ccccc1.[Pd].[Pd]. The molecular formula is C76H63Cl2N5O5Pd2. The third kappa shape index (κ3) is 14.6. The van der Waals surface area contributed by atoms with E-state index < -0.39 is 34.2 Å². The van der Waals surface area contributed by atoms with E-state index in [2.05, 4.69) is 15.5 Å². The Kier molecular flexibility index (Phi) is 22.2. The first-order valence-electron chi connectivity index (χ1n) is 29.1. The fourth-order valence-electron chi connectivity index (χ4n) is 11.6. The third-order valence-electron chi connectivity index (χ3n) is 16.1. The van der Waals surface area contributed by atoms with E-state index in [1.807, 2.05) is 213 Å². The molecule has 10 nitrogen and oxygen atoms in total. The van der Waals surface area contributed by atoms with Gasteiger partial charge in [-0.05, 0) is 106 Å². The zero-order chi connectivity index (χ0) is 61.0. The minimum atomic E-state index is -2.00. The molecule has 3 heterocycles. The first-order chi connectivity index (χ1) is 42.9. The Morgan fingerprint density at radius 2 is 1.02 bits per heavy atom. The standard InChI is InChI=1S/C76H63Cl2N5O5.2Pd/c1-75(61(50-57-31-17-7-18-32-57)67(85)41-38-54-25-11-4-12-26-54)70-60(59(49-56-29-15-6-16-30-56)66(84)40-37-53-23-9-3-10-24-53)52-65-72(82(2)74(79-65)80-71-63(77)35-21-36-64(71)78)69(70)73(87)81-76(75,43-22-44-83-45-47-88-48-46-83)62(51-58-33-19-8-20-34-58)68(86)42-39-55-27-13-5-14-28-55;;/h3-43,49-52H,44-48H2,1-2H3,(H,79,80)(H,81,87);;. The average molecular weight is 1410 g/mol. The maximum absolute atomic E-state index is 16.9. The van der Waals surface area contributed by atoms with Crippen molar-refractivity contribution >= 4 is 111 Å². The van der Waals surface area contributed by atoms with Crippen LogP contribution in [0.4, 0.5) is 11.6 Å². The summed E-state index contributed by atoms with van der Waals surface area (Å²) in [6.45, 7) is 4.58. The van der Waals surface area contributed by atoms with Crippen molar-refractivity contribution in [3.05, 3.63) is 308 Å². The average Bonchev–Trinajstić information content (AvgIpc) is 0.962. The molecule has 0 bridgehead atoms. The van der Waals surface area contributed by atoms with Gasteiger partial charge in [0.1, 0.15) is 5.54 Å². The second kappa shape index (κ2) is 30.3. The van der Waals surface area contributed by atoms with Crippen LogP contribution in [-0.4, -0.2) is 76.1 Å². The van der Waals surface area contributed by atoms with Gasteiger partial charge in [0.15, 0.2) is 17.3 Å². The number of nitrogens with zero attached hydrogens (tertiary/aromatic N) is 3.